The van der Waals surface area contributed by atoms with Crippen molar-refractivity contribution < 1.29 is 36.2 Å². The van der Waals surface area contributed by atoms with Crippen molar-refractivity contribution in [2.24, 2.45) is 0 Å². The Morgan fingerprint density at radius 2 is 2.00 bits per heavy atom. The number of carboxylic acid groups (broad SMARTS) is 1. The van der Waals surface area contributed by atoms with E-state index in [2.05, 4.69) is 4.98 Å². The lowest BCUT2D eigenvalue weighted by atomic mass is 10.2. The number of alkyl halides is 3. The molecule has 3 rings (SSSR count). The van der Waals surface area contributed by atoms with Crippen LogP contribution in [0.4, 0.5) is 18.9 Å². The van der Waals surface area contributed by atoms with Gasteiger partial charge in [0.1, 0.15) is 12.3 Å². The van der Waals surface area contributed by atoms with Gasteiger partial charge in [0, 0.05) is 6.20 Å². The molecule has 0 fully saturated rings. The second kappa shape index (κ2) is 6.16. The number of aromatic carboxylic acids is 1. The Kier molecular flexibility index (Phi) is 4.26. The lowest BCUT2D eigenvalue weighted by Crippen LogP contribution is -2.38. The molecule has 0 saturated carbocycles. The van der Waals surface area contributed by atoms with E-state index in [0.29, 0.717) is 6.07 Å². The first-order chi connectivity index (χ1) is 12.1. The van der Waals surface area contributed by atoms with E-state index in [1.54, 1.807) is 0 Å². The zero-order valence-corrected chi connectivity index (χ0v) is 13.7. The third kappa shape index (κ3) is 3.17. The third-order valence-electron chi connectivity index (χ3n) is 3.63. The van der Waals surface area contributed by atoms with Gasteiger partial charge in [0.2, 0.25) is 5.88 Å². The van der Waals surface area contributed by atoms with Crippen molar-refractivity contribution in [1.82, 2.24) is 4.98 Å². The highest BCUT2D eigenvalue weighted by atomic mass is 32.2. The summed E-state index contributed by atoms with van der Waals surface area (Å²) in [5.74, 6) is -1.45. The first kappa shape index (κ1) is 18.0. The minimum Gasteiger partial charge on any atom is -0.478 e. The smallest absolute Gasteiger partial charge is 0.416 e. The SMILES string of the molecule is O=C(O)c1cnc2c(c1)N(S(=O)(=O)c1cccc(C(F)(F)F)c1)CCO2. The zero-order valence-electron chi connectivity index (χ0n) is 12.9. The van der Waals surface area contributed by atoms with Crippen molar-refractivity contribution in [3.05, 3.63) is 47.7 Å². The number of nitrogens with zero attached hydrogens (tertiary/aromatic N) is 2. The molecule has 1 aromatic heterocycles. The van der Waals surface area contributed by atoms with Gasteiger partial charge in [-0.1, -0.05) is 6.07 Å². The Bertz CT molecular complexity index is 975. The molecule has 0 saturated heterocycles. The lowest BCUT2D eigenvalue weighted by molar-refractivity contribution is -0.137. The van der Waals surface area contributed by atoms with Crippen LogP contribution in [0.1, 0.15) is 15.9 Å². The molecule has 0 radical (unpaired) electrons. The number of aromatic nitrogens is 1. The number of carboxylic acids is 1. The third-order valence-corrected chi connectivity index (χ3v) is 5.44. The van der Waals surface area contributed by atoms with Crippen molar-refractivity contribution >= 4 is 21.7 Å². The summed E-state index contributed by atoms with van der Waals surface area (Å²) in [6.45, 7) is -0.277. The van der Waals surface area contributed by atoms with Gasteiger partial charge in [-0.2, -0.15) is 13.2 Å². The van der Waals surface area contributed by atoms with Gasteiger partial charge in [-0.3, -0.25) is 4.31 Å². The molecule has 2 heterocycles. The van der Waals surface area contributed by atoms with Gasteiger partial charge in [-0.25, -0.2) is 18.2 Å². The van der Waals surface area contributed by atoms with Gasteiger partial charge in [0.25, 0.3) is 10.0 Å². The standard InChI is InChI=1S/C15H11F3N2O5S/c16-15(17,18)10-2-1-3-11(7-10)26(23,24)20-4-5-25-13-12(20)6-9(8-19-13)14(21)22/h1-3,6-8H,4-5H2,(H,21,22). The zero-order chi connectivity index (χ0) is 19.1. The number of benzene rings is 1. The first-order valence-corrected chi connectivity index (χ1v) is 8.61. The summed E-state index contributed by atoms with van der Waals surface area (Å²) in [4.78, 5) is 14.3. The highest BCUT2D eigenvalue weighted by Gasteiger charge is 2.35. The summed E-state index contributed by atoms with van der Waals surface area (Å²) in [5.41, 5.74) is -1.53. The predicted octanol–water partition coefficient (Wildman–Crippen LogP) is 2.39. The first-order valence-electron chi connectivity index (χ1n) is 7.17. The fourth-order valence-corrected chi connectivity index (χ4v) is 3.89. The number of ether oxygens (including phenoxy) is 1. The van der Waals surface area contributed by atoms with E-state index in [9.17, 15) is 26.4 Å². The summed E-state index contributed by atoms with van der Waals surface area (Å²) in [7, 11) is -4.38. The number of sulfonamides is 1. The summed E-state index contributed by atoms with van der Waals surface area (Å²) in [5, 5.41) is 9.04. The molecule has 1 N–H and O–H groups in total. The molecular weight excluding hydrogens is 377 g/mol. The monoisotopic (exact) mass is 388 g/mol. The van der Waals surface area contributed by atoms with Crippen molar-refractivity contribution in [3.63, 3.8) is 0 Å². The predicted molar refractivity (Wildman–Crippen MR) is 82.7 cm³/mol. The molecular formula is C15H11F3N2O5S. The molecule has 1 aliphatic heterocycles. The van der Waals surface area contributed by atoms with Crippen LogP contribution < -0.4 is 9.04 Å². The van der Waals surface area contributed by atoms with Gasteiger partial charge < -0.3 is 9.84 Å². The highest BCUT2D eigenvalue weighted by Crippen LogP contribution is 2.36. The molecule has 1 aliphatic rings. The summed E-state index contributed by atoms with van der Waals surface area (Å²) in [6, 6.07) is 4.36. The van der Waals surface area contributed by atoms with Crippen molar-refractivity contribution in [2.45, 2.75) is 11.1 Å². The van der Waals surface area contributed by atoms with Crippen molar-refractivity contribution in [2.75, 3.05) is 17.5 Å². The molecule has 0 aliphatic carbocycles. The highest BCUT2D eigenvalue weighted by molar-refractivity contribution is 7.92. The van der Waals surface area contributed by atoms with E-state index >= 15 is 0 Å². The number of fused-ring (bicyclic) bond motifs is 1. The minimum atomic E-state index is -4.70. The van der Waals surface area contributed by atoms with Crippen molar-refractivity contribution in [1.29, 1.82) is 0 Å². The average Bonchev–Trinajstić information content (AvgIpc) is 2.60. The minimum absolute atomic E-state index is 0.0788. The summed E-state index contributed by atoms with van der Waals surface area (Å²) in [6.07, 6.45) is -3.70. The topological polar surface area (TPSA) is 96.8 Å². The van der Waals surface area contributed by atoms with Crippen LogP contribution in [0.15, 0.2) is 41.4 Å². The maximum Gasteiger partial charge on any atom is 0.416 e. The van der Waals surface area contributed by atoms with Gasteiger partial charge in [0.15, 0.2) is 0 Å². The van der Waals surface area contributed by atoms with Gasteiger partial charge in [0.05, 0.1) is 22.6 Å². The number of hydrogen-bond donors (Lipinski definition) is 1. The number of carbonyl (C=O) groups is 1. The van der Waals surface area contributed by atoms with E-state index < -0.39 is 32.6 Å². The van der Waals surface area contributed by atoms with Crippen LogP contribution in [0, 0.1) is 0 Å². The van der Waals surface area contributed by atoms with E-state index in [1.165, 1.54) is 0 Å². The molecule has 26 heavy (non-hydrogen) atoms. The van der Waals surface area contributed by atoms with Crippen molar-refractivity contribution in [3.8, 4) is 5.88 Å². The van der Waals surface area contributed by atoms with Crippen LogP contribution in [-0.4, -0.2) is 37.6 Å². The van der Waals surface area contributed by atoms with Crippen LogP contribution in [0.25, 0.3) is 0 Å². The molecule has 0 amide bonds. The number of pyridine rings is 1. The Labute approximate surface area is 145 Å². The molecule has 7 nitrogen and oxygen atoms in total. The van der Waals surface area contributed by atoms with Crippen LogP contribution in [0.2, 0.25) is 0 Å². The molecule has 0 spiro atoms. The Hall–Kier alpha value is -2.82. The second-order valence-corrected chi connectivity index (χ2v) is 7.17. The molecule has 1 aromatic carbocycles. The summed E-state index contributed by atoms with van der Waals surface area (Å²) < 4.78 is 70.3. The molecule has 0 bridgehead atoms. The maximum absolute atomic E-state index is 12.9. The Morgan fingerprint density at radius 3 is 2.65 bits per heavy atom. The molecule has 2 aromatic rings. The molecule has 0 unspecified atom stereocenters. The van der Waals surface area contributed by atoms with E-state index in [4.69, 9.17) is 9.84 Å². The van der Waals surface area contributed by atoms with Gasteiger partial charge in [-0.15, -0.1) is 0 Å². The molecule has 138 valence electrons. The van der Waals surface area contributed by atoms with Gasteiger partial charge >= 0.3 is 12.1 Å². The lowest BCUT2D eigenvalue weighted by Gasteiger charge is -2.29. The normalized spacial score (nSPS) is 14.5. The van der Waals surface area contributed by atoms with Crippen LogP contribution in [0.5, 0.6) is 5.88 Å². The Balaban J connectivity index is 2.10. The van der Waals surface area contributed by atoms with Crippen LogP contribution >= 0.6 is 0 Å². The maximum atomic E-state index is 12.9. The number of halogens is 3. The van der Waals surface area contributed by atoms with Gasteiger partial charge in [-0.05, 0) is 24.3 Å². The van der Waals surface area contributed by atoms with E-state index in [0.717, 1.165) is 34.8 Å². The van der Waals surface area contributed by atoms with Crippen LogP contribution in [0.3, 0.4) is 0 Å². The fourth-order valence-electron chi connectivity index (χ4n) is 2.40. The quantitative estimate of drug-likeness (QED) is 0.867. The van der Waals surface area contributed by atoms with Crippen LogP contribution in [-0.2, 0) is 16.2 Å². The number of anilines is 1. The summed E-state index contributed by atoms with van der Waals surface area (Å²) >= 11 is 0. The Morgan fingerprint density at radius 1 is 1.27 bits per heavy atom. The second-order valence-electron chi connectivity index (χ2n) is 5.30. The average molecular weight is 388 g/mol. The molecule has 0 atom stereocenters. The molecule has 11 heteroatoms. The number of rotatable bonds is 3. The number of hydrogen-bond acceptors (Lipinski definition) is 5. The van der Waals surface area contributed by atoms with E-state index in [1.807, 2.05) is 0 Å². The fraction of sp³-hybridized carbons (Fsp3) is 0.200. The largest absolute Gasteiger partial charge is 0.478 e. The van der Waals surface area contributed by atoms with E-state index in [-0.39, 0.29) is 30.3 Å².